The number of aliphatic imine (C=N–C) groups is 1. The molecule has 1 unspecified atom stereocenters. The molecule has 0 heterocycles. The van der Waals surface area contributed by atoms with Gasteiger partial charge in [0.2, 0.25) is 0 Å². The van der Waals surface area contributed by atoms with Crippen LogP contribution >= 0.6 is 12.2 Å². The summed E-state index contributed by atoms with van der Waals surface area (Å²) in [7, 11) is 0. The van der Waals surface area contributed by atoms with Gasteiger partial charge in [-0.15, -0.1) is 0 Å². The van der Waals surface area contributed by atoms with E-state index >= 15 is 0 Å². The topological polar surface area (TPSA) is 12.4 Å². The van der Waals surface area contributed by atoms with Gasteiger partial charge in [0.1, 0.15) is 11.5 Å². The van der Waals surface area contributed by atoms with E-state index in [-0.39, 0.29) is 5.82 Å². The molecule has 2 aliphatic carbocycles. The van der Waals surface area contributed by atoms with Crippen LogP contribution in [0.3, 0.4) is 0 Å². The van der Waals surface area contributed by atoms with Gasteiger partial charge in [-0.1, -0.05) is 45.6 Å². The summed E-state index contributed by atoms with van der Waals surface area (Å²) in [6, 6.07) is 5.40. The Labute approximate surface area is 169 Å². The fraction of sp³-hybridized carbons (Fsp3) is 0.708. The lowest BCUT2D eigenvalue weighted by atomic mass is 9.66. The Bertz CT molecular complexity index is 650. The molecule has 2 saturated carbocycles. The predicted octanol–water partition coefficient (Wildman–Crippen LogP) is 8.08. The first kappa shape index (κ1) is 20.7. The smallest absolute Gasteiger partial charge is 0.149 e. The van der Waals surface area contributed by atoms with Crippen molar-refractivity contribution in [3.63, 3.8) is 0 Å². The second kappa shape index (κ2) is 9.94. The monoisotopic (exact) mass is 387 g/mol. The molecule has 0 N–H and O–H groups in total. The first-order valence-electron chi connectivity index (χ1n) is 11.0. The van der Waals surface area contributed by atoms with Crippen LogP contribution in [0.25, 0.3) is 0 Å². The van der Waals surface area contributed by atoms with Gasteiger partial charge >= 0.3 is 0 Å². The molecule has 2 aliphatic rings. The van der Waals surface area contributed by atoms with Crippen molar-refractivity contribution in [2.45, 2.75) is 84.0 Å². The first-order chi connectivity index (χ1) is 13.1. The minimum Gasteiger partial charge on any atom is -0.205 e. The molecule has 0 amide bonds. The number of hydrogen-bond acceptors (Lipinski definition) is 2. The highest BCUT2D eigenvalue weighted by Gasteiger charge is 2.32. The molecule has 0 radical (unpaired) electrons. The van der Waals surface area contributed by atoms with Crippen molar-refractivity contribution >= 4 is 23.1 Å². The van der Waals surface area contributed by atoms with Gasteiger partial charge < -0.3 is 0 Å². The van der Waals surface area contributed by atoms with Crippen molar-refractivity contribution in [2.75, 3.05) is 0 Å². The van der Waals surface area contributed by atoms with Crippen LogP contribution in [0.5, 0.6) is 0 Å². The van der Waals surface area contributed by atoms with E-state index < -0.39 is 0 Å². The Kier molecular flexibility index (Phi) is 7.61. The third-order valence-corrected chi connectivity index (χ3v) is 7.53. The number of halogens is 1. The second-order valence-electron chi connectivity index (χ2n) is 8.95. The Morgan fingerprint density at radius 2 is 1.70 bits per heavy atom. The van der Waals surface area contributed by atoms with Crippen LogP contribution in [0.15, 0.2) is 23.2 Å². The molecule has 148 valence electrons. The van der Waals surface area contributed by atoms with Crippen LogP contribution in [-0.2, 0) is 0 Å². The highest BCUT2D eigenvalue weighted by atomic mass is 32.1. The number of hydrogen-bond donors (Lipinski definition) is 0. The van der Waals surface area contributed by atoms with Crippen LogP contribution < -0.4 is 0 Å². The normalized spacial score (nSPS) is 29.7. The summed E-state index contributed by atoms with van der Waals surface area (Å²) >= 11 is 4.58. The lowest BCUT2D eigenvalue weighted by Gasteiger charge is -2.39. The highest BCUT2D eigenvalue weighted by Crippen LogP contribution is 2.45. The molecule has 0 spiro atoms. The molecule has 0 aromatic heterocycles. The van der Waals surface area contributed by atoms with Gasteiger partial charge in [-0.05, 0) is 98.0 Å². The Balaban J connectivity index is 1.51. The molecule has 1 atom stereocenters. The van der Waals surface area contributed by atoms with Crippen molar-refractivity contribution in [3.05, 3.63) is 29.6 Å². The minimum atomic E-state index is -0.283. The van der Waals surface area contributed by atoms with Gasteiger partial charge in [0.25, 0.3) is 0 Å². The minimum absolute atomic E-state index is 0.283. The fourth-order valence-electron chi connectivity index (χ4n) is 5.69. The van der Waals surface area contributed by atoms with Crippen LogP contribution in [0.2, 0.25) is 0 Å². The van der Waals surface area contributed by atoms with Gasteiger partial charge in [0.05, 0.1) is 5.16 Å². The lowest BCUT2D eigenvalue weighted by Crippen LogP contribution is -2.27. The maximum atomic E-state index is 14.2. The first-order valence-corrected chi connectivity index (χ1v) is 11.4. The third kappa shape index (κ3) is 5.27. The van der Waals surface area contributed by atoms with E-state index in [1.54, 1.807) is 12.1 Å². The summed E-state index contributed by atoms with van der Waals surface area (Å²) in [5.41, 5.74) is 1.39. The second-order valence-corrected chi connectivity index (χ2v) is 9.13. The summed E-state index contributed by atoms with van der Waals surface area (Å²) in [4.78, 5) is 3.79. The lowest BCUT2D eigenvalue weighted by molar-refractivity contribution is 0.137. The molecule has 3 heteroatoms. The van der Waals surface area contributed by atoms with Crippen molar-refractivity contribution < 1.29 is 4.39 Å². The number of rotatable bonds is 6. The van der Waals surface area contributed by atoms with E-state index in [4.69, 9.17) is 0 Å². The molecule has 1 aromatic rings. The van der Waals surface area contributed by atoms with Gasteiger partial charge in [0, 0.05) is 0 Å². The maximum absolute atomic E-state index is 14.2. The Morgan fingerprint density at radius 1 is 1.07 bits per heavy atom. The molecule has 0 saturated heterocycles. The van der Waals surface area contributed by atoms with Crippen LogP contribution in [0.4, 0.5) is 10.1 Å². The number of benzene rings is 1. The average Bonchev–Trinajstić information content (AvgIpc) is 2.70. The largest absolute Gasteiger partial charge is 0.205 e. The molecule has 3 rings (SSSR count). The summed E-state index contributed by atoms with van der Waals surface area (Å²) < 4.78 is 14.2. The van der Waals surface area contributed by atoms with Crippen LogP contribution in [0, 0.1) is 29.5 Å². The molecule has 27 heavy (non-hydrogen) atoms. The maximum Gasteiger partial charge on any atom is 0.149 e. The van der Waals surface area contributed by atoms with E-state index in [1.807, 2.05) is 6.07 Å². The Morgan fingerprint density at radius 3 is 2.26 bits per heavy atom. The number of thiocarbonyl (C=S) groups is 1. The molecule has 1 aromatic carbocycles. The SMILES string of the molecule is CCCC1CCC(C2CCC(C(C)c3ccc(N=C=S)c(F)c3)CC2)CC1. The highest BCUT2D eigenvalue weighted by molar-refractivity contribution is 7.78. The summed E-state index contributed by atoms with van der Waals surface area (Å²) in [5, 5.41) is 2.25. The third-order valence-electron chi connectivity index (χ3n) is 7.44. The summed E-state index contributed by atoms with van der Waals surface area (Å²) in [6.45, 7) is 4.58. The summed E-state index contributed by atoms with van der Waals surface area (Å²) in [6.07, 6.45) is 14.0. The van der Waals surface area contributed by atoms with Crippen molar-refractivity contribution in [1.29, 1.82) is 0 Å². The van der Waals surface area contributed by atoms with Crippen LogP contribution in [-0.4, -0.2) is 5.16 Å². The van der Waals surface area contributed by atoms with Crippen LogP contribution in [0.1, 0.15) is 89.5 Å². The molecular formula is C24H34FNS. The summed E-state index contributed by atoms with van der Waals surface area (Å²) in [5.74, 6) is 3.71. The molecule has 1 nitrogen and oxygen atoms in total. The van der Waals surface area contributed by atoms with Crippen molar-refractivity contribution in [2.24, 2.45) is 28.7 Å². The number of isothiocyanates is 1. The van der Waals surface area contributed by atoms with Gasteiger partial charge in [0.15, 0.2) is 0 Å². The predicted molar refractivity (Wildman–Crippen MR) is 115 cm³/mol. The van der Waals surface area contributed by atoms with E-state index in [0.717, 1.165) is 23.3 Å². The molecule has 0 aliphatic heterocycles. The van der Waals surface area contributed by atoms with Crippen molar-refractivity contribution in [3.8, 4) is 0 Å². The quantitative estimate of drug-likeness (QED) is 0.355. The van der Waals surface area contributed by atoms with Gasteiger partial charge in [-0.3, -0.25) is 0 Å². The molecular weight excluding hydrogens is 353 g/mol. The van der Waals surface area contributed by atoms with E-state index in [9.17, 15) is 4.39 Å². The number of nitrogens with zero attached hydrogens (tertiary/aromatic N) is 1. The van der Waals surface area contributed by atoms with E-state index in [0.29, 0.717) is 17.5 Å². The van der Waals surface area contributed by atoms with E-state index in [1.165, 1.54) is 64.2 Å². The fourth-order valence-corrected chi connectivity index (χ4v) is 5.79. The molecule has 0 bridgehead atoms. The average molecular weight is 388 g/mol. The van der Waals surface area contributed by atoms with Crippen molar-refractivity contribution in [1.82, 2.24) is 0 Å². The zero-order chi connectivity index (χ0) is 19.2. The van der Waals surface area contributed by atoms with Gasteiger partial charge in [-0.25, -0.2) is 4.39 Å². The molecule has 2 fully saturated rings. The van der Waals surface area contributed by atoms with E-state index in [2.05, 4.69) is 36.2 Å². The Hall–Kier alpha value is -1.05. The zero-order valence-electron chi connectivity index (χ0n) is 16.9. The zero-order valence-corrected chi connectivity index (χ0v) is 17.7. The standard InChI is InChI=1S/C24H34FNS/c1-3-4-18-5-7-20(8-6-18)21-11-9-19(10-12-21)17(2)22-13-14-24(26-16-27)23(25)15-22/h13-15,17-21H,3-12H2,1-2H3. The van der Waals surface area contributed by atoms with Gasteiger partial charge in [-0.2, -0.15) is 4.99 Å².